The van der Waals surface area contributed by atoms with Crippen LogP contribution in [0.25, 0.3) is 0 Å². The Morgan fingerprint density at radius 2 is 1.79 bits per heavy atom. The second-order valence-corrected chi connectivity index (χ2v) is 6.39. The first kappa shape index (κ1) is 11.4. The van der Waals surface area contributed by atoms with Crippen LogP contribution in [0.1, 0.15) is 33.3 Å². The molecule has 1 nitrogen and oxygen atoms in total. The molecular formula is C12H18OS. The van der Waals surface area contributed by atoms with Crippen molar-refractivity contribution in [3.63, 3.8) is 0 Å². The van der Waals surface area contributed by atoms with Crippen LogP contribution in [0.5, 0.6) is 5.75 Å². The van der Waals surface area contributed by atoms with E-state index < -0.39 is 0 Å². The summed E-state index contributed by atoms with van der Waals surface area (Å²) in [6, 6.07) is 7.56. The Morgan fingerprint density at radius 3 is 2.29 bits per heavy atom. The van der Waals surface area contributed by atoms with Crippen molar-refractivity contribution < 1.29 is 5.11 Å². The normalized spacial score (nSPS) is 12.1. The minimum Gasteiger partial charge on any atom is -0.508 e. The van der Waals surface area contributed by atoms with Crippen LogP contribution >= 0.6 is 11.8 Å². The minimum absolute atomic E-state index is 0.0283. The van der Waals surface area contributed by atoms with Crippen molar-refractivity contribution in [1.29, 1.82) is 0 Å². The van der Waals surface area contributed by atoms with Gasteiger partial charge in [-0.1, -0.05) is 32.0 Å². The summed E-state index contributed by atoms with van der Waals surface area (Å²) < 4.78 is -0.0283. The molecule has 1 aromatic rings. The number of aromatic hydroxyl groups is 1. The van der Waals surface area contributed by atoms with E-state index in [-0.39, 0.29) is 4.75 Å². The minimum atomic E-state index is -0.0283. The molecule has 0 atom stereocenters. The number of hydrogen-bond acceptors (Lipinski definition) is 2. The molecule has 0 saturated carbocycles. The van der Waals surface area contributed by atoms with Crippen LogP contribution in [0, 0.1) is 0 Å². The van der Waals surface area contributed by atoms with Gasteiger partial charge >= 0.3 is 0 Å². The maximum absolute atomic E-state index is 9.75. The van der Waals surface area contributed by atoms with Gasteiger partial charge in [0.1, 0.15) is 5.75 Å². The fraction of sp³-hybridized carbons (Fsp3) is 0.500. The molecule has 0 aliphatic heterocycles. The Kier molecular flexibility index (Phi) is 3.48. The van der Waals surface area contributed by atoms with Crippen molar-refractivity contribution in [3.8, 4) is 5.75 Å². The molecule has 1 rings (SSSR count). The molecule has 0 saturated heterocycles. The molecule has 0 aliphatic rings. The molecule has 0 aromatic heterocycles. The molecule has 78 valence electrons. The molecule has 0 bridgehead atoms. The van der Waals surface area contributed by atoms with Gasteiger partial charge in [0.15, 0.2) is 0 Å². The Labute approximate surface area is 90.5 Å². The quantitative estimate of drug-likeness (QED) is 0.819. The molecule has 1 aromatic carbocycles. The average molecular weight is 210 g/mol. The lowest BCUT2D eigenvalue weighted by atomic mass is 10.0. The molecule has 0 unspecified atom stereocenters. The van der Waals surface area contributed by atoms with Crippen molar-refractivity contribution in [2.75, 3.05) is 0 Å². The van der Waals surface area contributed by atoms with E-state index in [4.69, 9.17) is 0 Å². The van der Waals surface area contributed by atoms with Gasteiger partial charge in [-0.15, -0.1) is 11.8 Å². The molecule has 0 fully saturated rings. The molecule has 2 heteroatoms. The number of thioether (sulfide) groups is 1. The lowest BCUT2D eigenvalue weighted by Gasteiger charge is -2.27. The molecule has 1 N–H and O–H groups in total. The number of hydrogen-bond donors (Lipinski definition) is 1. The second kappa shape index (κ2) is 4.26. The van der Waals surface area contributed by atoms with E-state index >= 15 is 0 Å². The van der Waals surface area contributed by atoms with E-state index in [9.17, 15) is 5.11 Å². The fourth-order valence-corrected chi connectivity index (χ4v) is 3.11. The highest BCUT2D eigenvalue weighted by atomic mass is 32.2. The van der Waals surface area contributed by atoms with Gasteiger partial charge in [-0.2, -0.15) is 0 Å². The van der Waals surface area contributed by atoms with Crippen LogP contribution in [0.4, 0.5) is 0 Å². The van der Waals surface area contributed by atoms with E-state index in [2.05, 4.69) is 27.7 Å². The van der Waals surface area contributed by atoms with Gasteiger partial charge in [0.25, 0.3) is 0 Å². The monoisotopic (exact) mass is 210 g/mol. The number of phenolic OH excluding ortho intramolecular Hbond substituents is 1. The number of phenols is 1. The third kappa shape index (κ3) is 2.68. The Hall–Kier alpha value is -0.630. The summed E-state index contributed by atoms with van der Waals surface area (Å²) in [6.07, 6.45) is 0. The summed E-state index contributed by atoms with van der Waals surface area (Å²) in [7, 11) is 0. The number of benzene rings is 1. The highest BCUT2D eigenvalue weighted by molar-refractivity contribution is 8.00. The predicted molar refractivity (Wildman–Crippen MR) is 63.9 cm³/mol. The summed E-state index contributed by atoms with van der Waals surface area (Å²) in [6.45, 7) is 8.64. The molecule has 14 heavy (non-hydrogen) atoms. The molecule has 0 amide bonds. The topological polar surface area (TPSA) is 20.2 Å². The van der Waals surface area contributed by atoms with Gasteiger partial charge in [-0.05, 0) is 25.2 Å². The van der Waals surface area contributed by atoms with Gasteiger partial charge in [0.05, 0.1) is 0 Å². The zero-order valence-corrected chi connectivity index (χ0v) is 10.1. The van der Waals surface area contributed by atoms with Crippen molar-refractivity contribution in [2.45, 2.75) is 37.7 Å². The zero-order chi connectivity index (χ0) is 10.8. The highest BCUT2D eigenvalue weighted by Gasteiger charge is 2.25. The van der Waals surface area contributed by atoms with Gasteiger partial charge < -0.3 is 5.11 Å². The largest absolute Gasteiger partial charge is 0.508 e. The average Bonchev–Trinajstić information content (AvgIpc) is 2.02. The van der Waals surface area contributed by atoms with E-state index in [1.54, 1.807) is 6.07 Å². The molecule has 0 radical (unpaired) electrons. The van der Waals surface area contributed by atoms with Crippen LogP contribution in [-0.2, 0) is 4.75 Å². The van der Waals surface area contributed by atoms with Crippen LogP contribution in [0.3, 0.4) is 0 Å². The summed E-state index contributed by atoms with van der Waals surface area (Å²) >= 11 is 1.86. The van der Waals surface area contributed by atoms with Gasteiger partial charge in [0, 0.05) is 10.3 Å². The summed E-state index contributed by atoms with van der Waals surface area (Å²) in [5, 5.41) is 10.3. The third-order valence-electron chi connectivity index (χ3n) is 2.08. The van der Waals surface area contributed by atoms with Crippen molar-refractivity contribution in [2.24, 2.45) is 0 Å². The number of rotatable bonds is 3. The van der Waals surface area contributed by atoms with Crippen molar-refractivity contribution >= 4 is 11.8 Å². The maximum atomic E-state index is 9.75. The zero-order valence-electron chi connectivity index (χ0n) is 9.24. The van der Waals surface area contributed by atoms with Crippen LogP contribution in [-0.4, -0.2) is 10.4 Å². The van der Waals surface area contributed by atoms with Crippen LogP contribution in [0.2, 0.25) is 0 Å². The van der Waals surface area contributed by atoms with Gasteiger partial charge in [-0.25, -0.2) is 0 Å². The van der Waals surface area contributed by atoms with Crippen molar-refractivity contribution in [1.82, 2.24) is 0 Å². The number of para-hydroxylation sites is 1. The predicted octanol–water partition coefficient (Wildman–Crippen LogP) is 3.77. The molecule has 0 spiro atoms. The first-order valence-electron chi connectivity index (χ1n) is 4.90. The van der Waals surface area contributed by atoms with Gasteiger partial charge in [0.2, 0.25) is 0 Å². The Bertz CT molecular complexity index is 305. The second-order valence-electron chi connectivity index (χ2n) is 4.19. The third-order valence-corrected chi connectivity index (χ3v) is 3.36. The Balaban J connectivity index is 2.97. The van der Waals surface area contributed by atoms with Crippen LogP contribution < -0.4 is 0 Å². The smallest absolute Gasteiger partial charge is 0.120 e. The summed E-state index contributed by atoms with van der Waals surface area (Å²) in [5.41, 5.74) is 1.01. The highest BCUT2D eigenvalue weighted by Crippen LogP contribution is 2.41. The fourth-order valence-electron chi connectivity index (χ4n) is 1.64. The van der Waals surface area contributed by atoms with E-state index in [0.29, 0.717) is 11.0 Å². The molecule has 0 aliphatic carbocycles. The summed E-state index contributed by atoms with van der Waals surface area (Å²) in [5.74, 6) is 0.394. The maximum Gasteiger partial charge on any atom is 0.120 e. The first-order chi connectivity index (χ1) is 6.43. The standard InChI is InChI=1S/C12H18OS/c1-9(2)14-12(3,4)10-7-5-6-8-11(10)13/h5-9,13H,1-4H3. The molecule has 0 heterocycles. The van der Waals surface area contributed by atoms with E-state index in [0.717, 1.165) is 5.56 Å². The first-order valence-corrected chi connectivity index (χ1v) is 5.78. The summed E-state index contributed by atoms with van der Waals surface area (Å²) in [4.78, 5) is 0. The van der Waals surface area contributed by atoms with E-state index in [1.807, 2.05) is 30.0 Å². The van der Waals surface area contributed by atoms with Gasteiger partial charge in [-0.3, -0.25) is 0 Å². The lowest BCUT2D eigenvalue weighted by molar-refractivity contribution is 0.462. The van der Waals surface area contributed by atoms with E-state index in [1.165, 1.54) is 0 Å². The van der Waals surface area contributed by atoms with Crippen LogP contribution in [0.15, 0.2) is 24.3 Å². The lowest BCUT2D eigenvalue weighted by Crippen LogP contribution is -2.15. The Morgan fingerprint density at radius 1 is 1.21 bits per heavy atom. The van der Waals surface area contributed by atoms with Crippen molar-refractivity contribution in [3.05, 3.63) is 29.8 Å². The molecular weight excluding hydrogens is 192 g/mol. The SMILES string of the molecule is CC(C)SC(C)(C)c1ccccc1O.